The number of carbonyl (C=O) groups is 1. The van der Waals surface area contributed by atoms with Crippen LogP contribution in [-0.2, 0) is 4.79 Å². The van der Waals surface area contributed by atoms with Crippen molar-refractivity contribution < 1.29 is 14.6 Å². The van der Waals surface area contributed by atoms with E-state index in [1.165, 1.54) is 0 Å². The van der Waals surface area contributed by atoms with Gasteiger partial charge < -0.3 is 9.84 Å². The van der Waals surface area contributed by atoms with Crippen molar-refractivity contribution in [2.75, 3.05) is 7.11 Å². The molecule has 122 valence electrons. The van der Waals surface area contributed by atoms with Crippen LogP contribution in [0.5, 0.6) is 5.75 Å². The lowest BCUT2D eigenvalue weighted by Crippen LogP contribution is -1.92. The summed E-state index contributed by atoms with van der Waals surface area (Å²) in [5.41, 5.74) is 5.26. The SMILES string of the molecule is COc1ccc(-c2nc3cc(C)ccn3c2/C=C/C(=O)O)cc1C. The third-order valence-electron chi connectivity index (χ3n) is 3.87. The molecule has 0 atom stereocenters. The van der Waals surface area contributed by atoms with E-state index in [-0.39, 0.29) is 0 Å². The Kier molecular flexibility index (Phi) is 4.08. The van der Waals surface area contributed by atoms with Gasteiger partial charge in [0, 0.05) is 17.8 Å². The molecule has 0 amide bonds. The highest BCUT2D eigenvalue weighted by Gasteiger charge is 2.13. The number of rotatable bonds is 4. The zero-order chi connectivity index (χ0) is 17.3. The van der Waals surface area contributed by atoms with Gasteiger partial charge in [-0.25, -0.2) is 9.78 Å². The van der Waals surface area contributed by atoms with E-state index in [0.717, 1.165) is 45.6 Å². The summed E-state index contributed by atoms with van der Waals surface area (Å²) in [6, 6.07) is 9.75. The van der Waals surface area contributed by atoms with E-state index < -0.39 is 5.97 Å². The maximum Gasteiger partial charge on any atom is 0.328 e. The van der Waals surface area contributed by atoms with Crippen molar-refractivity contribution in [2.45, 2.75) is 13.8 Å². The number of pyridine rings is 1. The number of hydrogen-bond acceptors (Lipinski definition) is 3. The standard InChI is InChI=1S/C19H18N2O3/c1-12-8-9-21-15(5-7-18(22)23)19(20-17(21)10-12)14-4-6-16(24-3)13(2)11-14/h4-11H,1-3H3,(H,22,23)/b7-5+. The highest BCUT2D eigenvalue weighted by Crippen LogP contribution is 2.29. The second kappa shape index (κ2) is 6.20. The number of carboxylic acids is 1. The largest absolute Gasteiger partial charge is 0.496 e. The molecule has 0 radical (unpaired) electrons. The molecule has 0 aliphatic carbocycles. The Labute approximate surface area is 139 Å². The van der Waals surface area contributed by atoms with E-state index in [2.05, 4.69) is 0 Å². The number of imidazole rings is 1. The van der Waals surface area contributed by atoms with E-state index in [9.17, 15) is 4.79 Å². The molecule has 1 aromatic carbocycles. The number of aliphatic carboxylic acids is 1. The van der Waals surface area contributed by atoms with Gasteiger partial charge in [0.15, 0.2) is 0 Å². The zero-order valence-electron chi connectivity index (χ0n) is 13.8. The second-order valence-corrected chi connectivity index (χ2v) is 5.63. The first-order valence-corrected chi connectivity index (χ1v) is 7.54. The molecule has 5 nitrogen and oxygen atoms in total. The number of hydrogen-bond donors (Lipinski definition) is 1. The van der Waals surface area contributed by atoms with Crippen molar-refractivity contribution in [2.24, 2.45) is 0 Å². The smallest absolute Gasteiger partial charge is 0.328 e. The minimum Gasteiger partial charge on any atom is -0.496 e. The molecule has 2 aromatic heterocycles. The van der Waals surface area contributed by atoms with Crippen LogP contribution >= 0.6 is 0 Å². The summed E-state index contributed by atoms with van der Waals surface area (Å²) >= 11 is 0. The summed E-state index contributed by atoms with van der Waals surface area (Å²) in [5, 5.41) is 8.97. The van der Waals surface area contributed by atoms with Gasteiger partial charge in [-0.3, -0.25) is 4.40 Å². The maximum absolute atomic E-state index is 10.9. The molecule has 0 aliphatic rings. The van der Waals surface area contributed by atoms with Gasteiger partial charge in [0.2, 0.25) is 0 Å². The van der Waals surface area contributed by atoms with Crippen molar-refractivity contribution in [3.05, 3.63) is 59.4 Å². The minimum atomic E-state index is -0.992. The molecule has 24 heavy (non-hydrogen) atoms. The molecule has 1 N–H and O–H groups in total. The van der Waals surface area contributed by atoms with Crippen LogP contribution in [0.3, 0.4) is 0 Å². The van der Waals surface area contributed by atoms with Gasteiger partial charge in [0.1, 0.15) is 11.4 Å². The summed E-state index contributed by atoms with van der Waals surface area (Å²) in [5.74, 6) is -0.185. The number of methoxy groups -OCH3 is 1. The van der Waals surface area contributed by atoms with Gasteiger partial charge >= 0.3 is 5.97 Å². The molecular weight excluding hydrogens is 304 g/mol. The molecule has 3 rings (SSSR count). The predicted octanol–water partition coefficient (Wildman–Crippen LogP) is 3.72. The Bertz CT molecular complexity index is 955. The third-order valence-corrected chi connectivity index (χ3v) is 3.87. The molecule has 2 heterocycles. The molecule has 0 spiro atoms. The Hall–Kier alpha value is -3.08. The first-order chi connectivity index (χ1) is 11.5. The number of nitrogens with zero attached hydrogens (tertiary/aromatic N) is 2. The molecule has 0 saturated heterocycles. The van der Waals surface area contributed by atoms with Crippen LogP contribution in [0.2, 0.25) is 0 Å². The number of carboxylic acid groups (broad SMARTS) is 1. The molecule has 0 aliphatic heterocycles. The first kappa shape index (κ1) is 15.8. The Balaban J connectivity index is 2.24. The summed E-state index contributed by atoms with van der Waals surface area (Å²) < 4.78 is 7.19. The van der Waals surface area contributed by atoms with E-state index in [4.69, 9.17) is 14.8 Å². The van der Waals surface area contributed by atoms with Gasteiger partial charge in [0.25, 0.3) is 0 Å². The van der Waals surface area contributed by atoms with E-state index in [1.807, 2.05) is 54.8 Å². The van der Waals surface area contributed by atoms with Crippen LogP contribution in [0.1, 0.15) is 16.8 Å². The van der Waals surface area contributed by atoms with Crippen molar-refractivity contribution >= 4 is 17.7 Å². The first-order valence-electron chi connectivity index (χ1n) is 7.54. The zero-order valence-corrected chi connectivity index (χ0v) is 13.8. The van der Waals surface area contributed by atoms with Crippen LogP contribution < -0.4 is 4.74 Å². The Morgan fingerprint density at radius 1 is 1.25 bits per heavy atom. The minimum absolute atomic E-state index is 0.733. The molecule has 0 saturated carbocycles. The lowest BCUT2D eigenvalue weighted by atomic mass is 10.1. The van der Waals surface area contributed by atoms with E-state index in [1.54, 1.807) is 13.2 Å². The van der Waals surface area contributed by atoms with E-state index in [0.29, 0.717) is 0 Å². The molecule has 0 unspecified atom stereocenters. The molecule has 5 heteroatoms. The van der Waals surface area contributed by atoms with Crippen LogP contribution in [0.15, 0.2) is 42.6 Å². The predicted molar refractivity (Wildman–Crippen MR) is 93.3 cm³/mol. The molecule has 0 bridgehead atoms. The fraction of sp³-hybridized carbons (Fsp3) is 0.158. The quantitative estimate of drug-likeness (QED) is 0.744. The number of benzene rings is 1. The van der Waals surface area contributed by atoms with Crippen molar-refractivity contribution in [1.82, 2.24) is 9.38 Å². The average molecular weight is 322 g/mol. The van der Waals surface area contributed by atoms with Gasteiger partial charge in [-0.05, 0) is 61.4 Å². The van der Waals surface area contributed by atoms with Crippen molar-refractivity contribution in [1.29, 1.82) is 0 Å². The fourth-order valence-electron chi connectivity index (χ4n) is 2.71. The fourth-order valence-corrected chi connectivity index (χ4v) is 2.71. The normalized spacial score (nSPS) is 11.3. The Morgan fingerprint density at radius 3 is 2.71 bits per heavy atom. The highest BCUT2D eigenvalue weighted by atomic mass is 16.5. The molecule has 3 aromatic rings. The van der Waals surface area contributed by atoms with Crippen LogP contribution in [0, 0.1) is 13.8 Å². The van der Waals surface area contributed by atoms with Crippen molar-refractivity contribution in [3.63, 3.8) is 0 Å². The van der Waals surface area contributed by atoms with Crippen LogP contribution in [0.25, 0.3) is 23.0 Å². The monoisotopic (exact) mass is 322 g/mol. The summed E-state index contributed by atoms with van der Waals surface area (Å²) in [7, 11) is 1.64. The maximum atomic E-state index is 10.9. The van der Waals surface area contributed by atoms with Gasteiger partial charge in [0.05, 0.1) is 18.5 Å². The van der Waals surface area contributed by atoms with Gasteiger partial charge in [-0.15, -0.1) is 0 Å². The third kappa shape index (κ3) is 2.88. The molecular formula is C19H18N2O3. The van der Waals surface area contributed by atoms with Gasteiger partial charge in [-0.2, -0.15) is 0 Å². The van der Waals surface area contributed by atoms with Gasteiger partial charge in [-0.1, -0.05) is 0 Å². The summed E-state index contributed by atoms with van der Waals surface area (Å²) in [6.07, 6.45) is 4.61. The summed E-state index contributed by atoms with van der Waals surface area (Å²) in [6.45, 7) is 3.97. The average Bonchev–Trinajstić information content (AvgIpc) is 2.90. The van der Waals surface area contributed by atoms with Crippen LogP contribution in [0.4, 0.5) is 0 Å². The number of aromatic nitrogens is 2. The second-order valence-electron chi connectivity index (χ2n) is 5.63. The highest BCUT2D eigenvalue weighted by molar-refractivity contribution is 5.87. The summed E-state index contributed by atoms with van der Waals surface area (Å²) in [4.78, 5) is 15.6. The lowest BCUT2D eigenvalue weighted by molar-refractivity contribution is -0.131. The lowest BCUT2D eigenvalue weighted by Gasteiger charge is -2.07. The van der Waals surface area contributed by atoms with Crippen molar-refractivity contribution in [3.8, 4) is 17.0 Å². The molecule has 0 fully saturated rings. The topological polar surface area (TPSA) is 63.8 Å². The Morgan fingerprint density at radius 2 is 2.04 bits per heavy atom. The number of aryl methyl sites for hydroxylation is 2. The van der Waals surface area contributed by atoms with E-state index >= 15 is 0 Å². The number of ether oxygens (including phenoxy) is 1. The number of fused-ring (bicyclic) bond motifs is 1. The van der Waals surface area contributed by atoms with Crippen LogP contribution in [-0.4, -0.2) is 27.6 Å².